The second-order valence-corrected chi connectivity index (χ2v) is 11.4. The van der Waals surface area contributed by atoms with E-state index in [1.807, 2.05) is 19.1 Å². The predicted octanol–water partition coefficient (Wildman–Crippen LogP) is 0.456. The molecule has 0 unspecified atom stereocenters. The van der Waals surface area contributed by atoms with Gasteiger partial charge >= 0.3 is 6.03 Å². The molecule has 0 aliphatic carbocycles. The third kappa shape index (κ3) is 23.6. The topological polar surface area (TPSA) is 224 Å². The number of nitrogens with one attached hydrogen (secondary N) is 4. The minimum Gasteiger partial charge on any atom is -0.379 e. The molecule has 0 fully saturated rings. The maximum atomic E-state index is 13.3. The van der Waals surface area contributed by atoms with Crippen LogP contribution >= 0.6 is 0 Å². The van der Waals surface area contributed by atoms with E-state index in [4.69, 9.17) is 39.9 Å². The Morgan fingerprint density at radius 1 is 0.694 bits per heavy atom. The van der Waals surface area contributed by atoms with Crippen LogP contribution in [0.5, 0.6) is 0 Å². The zero-order valence-electron chi connectivity index (χ0n) is 29.3. The van der Waals surface area contributed by atoms with Gasteiger partial charge in [-0.2, -0.15) is 0 Å². The minimum absolute atomic E-state index is 0.0445. The maximum Gasteiger partial charge on any atom is 0.312 e. The fraction of sp³-hybridized carbons (Fsp3) is 0.697. The molecule has 16 heteroatoms. The van der Waals surface area contributed by atoms with Crippen molar-refractivity contribution in [3.05, 3.63) is 29.8 Å². The summed E-state index contributed by atoms with van der Waals surface area (Å²) in [5, 5.41) is 10.8. The molecule has 1 aromatic carbocycles. The molecule has 5 amide bonds. The second-order valence-electron chi connectivity index (χ2n) is 11.4. The smallest absolute Gasteiger partial charge is 0.312 e. The van der Waals surface area contributed by atoms with Crippen molar-refractivity contribution in [1.29, 1.82) is 0 Å². The molecule has 0 bridgehead atoms. The quantitative estimate of drug-likeness (QED) is 0.0606. The van der Waals surface area contributed by atoms with Gasteiger partial charge in [0.15, 0.2) is 0 Å². The number of aryl methyl sites for hydroxylation is 1. The SMILES string of the molecule is Cc1ccc(NC(=O)[C@H](CCCNC(N)=O)NC(=O)[C@@H](NC(=O)CCOCCOCCOCCOCCOCCOCCN)C(C)C)cc1. The number of hydrogen-bond acceptors (Lipinski definition) is 11. The van der Waals surface area contributed by atoms with Gasteiger partial charge in [0.25, 0.3) is 0 Å². The summed E-state index contributed by atoms with van der Waals surface area (Å²) in [4.78, 5) is 50.0. The maximum absolute atomic E-state index is 13.3. The van der Waals surface area contributed by atoms with Gasteiger partial charge in [-0.05, 0) is 37.8 Å². The highest BCUT2D eigenvalue weighted by Crippen LogP contribution is 2.11. The van der Waals surface area contributed by atoms with Crippen LogP contribution in [0.15, 0.2) is 24.3 Å². The summed E-state index contributed by atoms with van der Waals surface area (Å²) >= 11 is 0. The number of urea groups is 1. The molecule has 0 aliphatic heterocycles. The van der Waals surface area contributed by atoms with Crippen LogP contribution in [0.3, 0.4) is 0 Å². The van der Waals surface area contributed by atoms with E-state index in [1.54, 1.807) is 26.0 Å². The highest BCUT2D eigenvalue weighted by molar-refractivity contribution is 5.98. The Balaban J connectivity index is 2.28. The van der Waals surface area contributed by atoms with Gasteiger partial charge < -0.3 is 61.2 Å². The van der Waals surface area contributed by atoms with Crippen LogP contribution in [0.4, 0.5) is 10.5 Å². The molecular weight excluding hydrogens is 640 g/mol. The van der Waals surface area contributed by atoms with Crippen LogP contribution in [0.1, 0.15) is 38.7 Å². The molecule has 16 nitrogen and oxygen atoms in total. The lowest BCUT2D eigenvalue weighted by atomic mass is 10.0. The summed E-state index contributed by atoms with van der Waals surface area (Å²) in [6.45, 7) is 11.3. The Kier molecular flexibility index (Phi) is 25.3. The Bertz CT molecular complexity index is 1050. The molecule has 0 saturated carbocycles. The van der Waals surface area contributed by atoms with E-state index >= 15 is 0 Å². The van der Waals surface area contributed by atoms with Crippen LogP contribution in [0.25, 0.3) is 0 Å². The summed E-state index contributed by atoms with van der Waals surface area (Å²) in [7, 11) is 0. The van der Waals surface area contributed by atoms with E-state index in [0.717, 1.165) is 5.56 Å². The number of nitrogens with two attached hydrogens (primary N) is 2. The lowest BCUT2D eigenvalue weighted by Gasteiger charge is -2.25. The number of primary amides is 1. The normalized spacial score (nSPS) is 12.3. The fourth-order valence-electron chi connectivity index (χ4n) is 4.14. The van der Waals surface area contributed by atoms with Crippen LogP contribution in [-0.2, 0) is 42.8 Å². The highest BCUT2D eigenvalue weighted by Gasteiger charge is 2.28. The highest BCUT2D eigenvalue weighted by atomic mass is 16.6. The van der Waals surface area contributed by atoms with E-state index in [2.05, 4.69) is 21.3 Å². The number of hydrogen-bond donors (Lipinski definition) is 6. The molecule has 0 radical (unpaired) electrons. The molecule has 0 spiro atoms. The Morgan fingerprint density at radius 2 is 1.18 bits per heavy atom. The minimum atomic E-state index is -0.910. The number of rotatable bonds is 30. The van der Waals surface area contributed by atoms with E-state index in [9.17, 15) is 19.2 Å². The third-order valence-electron chi connectivity index (χ3n) is 6.78. The van der Waals surface area contributed by atoms with Crippen LogP contribution in [-0.4, -0.2) is 128 Å². The molecule has 280 valence electrons. The molecule has 2 atom stereocenters. The van der Waals surface area contributed by atoms with Crippen molar-refractivity contribution in [3.63, 3.8) is 0 Å². The van der Waals surface area contributed by atoms with Gasteiger partial charge in [0.2, 0.25) is 17.7 Å². The summed E-state index contributed by atoms with van der Waals surface area (Å²) in [5.74, 6) is -1.53. The summed E-state index contributed by atoms with van der Waals surface area (Å²) in [6.07, 6.45) is 0.673. The van der Waals surface area contributed by atoms with E-state index in [1.165, 1.54) is 0 Å². The van der Waals surface area contributed by atoms with Gasteiger partial charge in [-0.25, -0.2) is 4.79 Å². The Morgan fingerprint density at radius 3 is 1.65 bits per heavy atom. The average Bonchev–Trinajstić information content (AvgIpc) is 3.06. The number of carbonyl (C=O) groups is 4. The van der Waals surface area contributed by atoms with Gasteiger partial charge in [0, 0.05) is 25.2 Å². The molecule has 0 heterocycles. The van der Waals surface area contributed by atoms with Crippen molar-refractivity contribution in [2.75, 3.05) is 97.7 Å². The Labute approximate surface area is 289 Å². The van der Waals surface area contributed by atoms with E-state index < -0.39 is 29.9 Å². The number of ether oxygens (including phenoxy) is 6. The first kappa shape index (κ1) is 43.6. The van der Waals surface area contributed by atoms with Crippen molar-refractivity contribution >= 4 is 29.4 Å². The molecule has 1 aromatic rings. The van der Waals surface area contributed by atoms with Crippen molar-refractivity contribution in [2.45, 2.75) is 52.1 Å². The standard InChI is InChI=1S/C33H58N6O10/c1-25(2)30(32(42)38-28(5-4-12-36-33(35)43)31(41)37-27-8-6-26(3)7-9-27)39-29(40)10-13-44-15-17-46-19-21-48-23-24-49-22-20-47-18-16-45-14-11-34/h6-9,25,28,30H,4-5,10-24,34H2,1-3H3,(H,37,41)(H,38,42)(H,39,40)(H3,35,36,43)/t28-,30-/m0/s1. The zero-order chi connectivity index (χ0) is 36.1. The molecule has 1 rings (SSSR count). The second kappa shape index (κ2) is 28.5. The molecular formula is C33H58N6O10. The van der Waals surface area contributed by atoms with Crippen molar-refractivity contribution in [1.82, 2.24) is 16.0 Å². The predicted molar refractivity (Wildman–Crippen MR) is 184 cm³/mol. The van der Waals surface area contributed by atoms with Gasteiger partial charge in [0.1, 0.15) is 12.1 Å². The largest absolute Gasteiger partial charge is 0.379 e. The summed E-state index contributed by atoms with van der Waals surface area (Å²) in [6, 6.07) is 4.80. The summed E-state index contributed by atoms with van der Waals surface area (Å²) < 4.78 is 32.4. The molecule has 49 heavy (non-hydrogen) atoms. The lowest BCUT2D eigenvalue weighted by Crippen LogP contribution is -2.54. The average molecular weight is 699 g/mol. The molecule has 0 aliphatic rings. The van der Waals surface area contributed by atoms with Gasteiger partial charge in [-0.1, -0.05) is 31.5 Å². The van der Waals surface area contributed by atoms with Crippen molar-refractivity contribution in [2.24, 2.45) is 17.4 Å². The lowest BCUT2D eigenvalue weighted by molar-refractivity contribution is -0.132. The van der Waals surface area contributed by atoms with Gasteiger partial charge in [0.05, 0.1) is 79.3 Å². The Hall–Kier alpha value is -3.38. The van der Waals surface area contributed by atoms with Crippen molar-refractivity contribution < 1.29 is 47.6 Å². The monoisotopic (exact) mass is 698 g/mol. The summed E-state index contributed by atoms with van der Waals surface area (Å²) in [5.41, 5.74) is 12.1. The number of anilines is 1. The van der Waals surface area contributed by atoms with Crippen LogP contribution in [0, 0.1) is 12.8 Å². The first-order chi connectivity index (χ1) is 23.6. The zero-order valence-corrected chi connectivity index (χ0v) is 29.3. The fourth-order valence-corrected chi connectivity index (χ4v) is 4.14. The van der Waals surface area contributed by atoms with Crippen LogP contribution in [0.2, 0.25) is 0 Å². The first-order valence-corrected chi connectivity index (χ1v) is 16.8. The van der Waals surface area contributed by atoms with E-state index in [-0.39, 0.29) is 37.8 Å². The van der Waals surface area contributed by atoms with E-state index in [0.29, 0.717) is 91.3 Å². The number of benzene rings is 1. The number of carbonyl (C=O) groups excluding carboxylic acids is 4. The van der Waals surface area contributed by atoms with Gasteiger partial charge in [-0.15, -0.1) is 0 Å². The van der Waals surface area contributed by atoms with Crippen molar-refractivity contribution in [3.8, 4) is 0 Å². The van der Waals surface area contributed by atoms with Gasteiger partial charge in [-0.3, -0.25) is 14.4 Å². The molecule has 0 aromatic heterocycles. The molecule has 8 N–H and O–H groups in total. The first-order valence-electron chi connectivity index (χ1n) is 16.8. The molecule has 0 saturated heterocycles. The van der Waals surface area contributed by atoms with Crippen LogP contribution < -0.4 is 32.7 Å². The number of amides is 5. The third-order valence-corrected chi connectivity index (χ3v) is 6.78.